The van der Waals surface area contributed by atoms with Gasteiger partial charge in [0.1, 0.15) is 5.75 Å². The van der Waals surface area contributed by atoms with Crippen molar-refractivity contribution in [3.63, 3.8) is 0 Å². The summed E-state index contributed by atoms with van der Waals surface area (Å²) in [6.07, 6.45) is 0.338. The maximum atomic E-state index is 9.34. The second-order valence-corrected chi connectivity index (χ2v) is 2.85. The Balaban J connectivity index is 0.000000845. The molecule has 4 nitrogen and oxygen atoms in total. The molecular weight excluding hydrogens is 170 g/mol. The van der Waals surface area contributed by atoms with E-state index in [0.717, 1.165) is 18.8 Å². The van der Waals surface area contributed by atoms with Crippen molar-refractivity contribution in [2.24, 2.45) is 0 Å². The highest BCUT2D eigenvalue weighted by molar-refractivity contribution is 5.55. The van der Waals surface area contributed by atoms with Crippen LogP contribution in [0, 0.1) is 0 Å². The van der Waals surface area contributed by atoms with Crippen LogP contribution in [0.3, 0.4) is 0 Å². The first-order chi connectivity index (χ1) is 5.86. The number of benzene rings is 1. The summed E-state index contributed by atoms with van der Waals surface area (Å²) >= 11 is 0. The number of aromatic hydroxyl groups is 1. The summed E-state index contributed by atoms with van der Waals surface area (Å²) in [6, 6.07) is 7.19. The van der Waals surface area contributed by atoms with Crippen molar-refractivity contribution in [3.8, 4) is 5.75 Å². The fraction of sp³-hybridized carbons (Fsp3) is 0.333. The van der Waals surface area contributed by atoms with Gasteiger partial charge in [-0.3, -0.25) is 0 Å². The molecule has 1 saturated heterocycles. The molecule has 0 aliphatic carbocycles. The average Bonchev–Trinajstić information content (AvgIpc) is 2.86. The Morgan fingerprint density at radius 1 is 1.46 bits per heavy atom. The van der Waals surface area contributed by atoms with Crippen LogP contribution in [0.2, 0.25) is 0 Å². The Morgan fingerprint density at radius 3 is 2.77 bits per heavy atom. The fourth-order valence-electron chi connectivity index (χ4n) is 1.03. The van der Waals surface area contributed by atoms with Crippen molar-refractivity contribution in [1.82, 2.24) is 0 Å². The molecule has 4 heteroatoms. The summed E-state index contributed by atoms with van der Waals surface area (Å²) in [5.74, 6) is 0.290. The van der Waals surface area contributed by atoms with E-state index in [9.17, 15) is 5.11 Å². The quantitative estimate of drug-likeness (QED) is 0.525. The predicted octanol–water partition coefficient (Wildman–Crippen LogP) is 0.378. The van der Waals surface area contributed by atoms with E-state index in [2.05, 4.69) is 5.32 Å². The molecule has 0 spiro atoms. The largest absolute Gasteiger partial charge is 0.506 e. The maximum absolute atomic E-state index is 9.34. The monoisotopic (exact) mass is 183 g/mol. The van der Waals surface area contributed by atoms with Gasteiger partial charge in [-0.25, -0.2) is 0 Å². The molecule has 1 aliphatic heterocycles. The number of hydrogen-bond donors (Lipinski definition) is 2. The van der Waals surface area contributed by atoms with Crippen LogP contribution < -0.4 is 5.32 Å². The third-order valence-corrected chi connectivity index (χ3v) is 1.83. The molecule has 0 saturated carbocycles. The molecule has 4 N–H and O–H groups in total. The summed E-state index contributed by atoms with van der Waals surface area (Å²) in [5, 5.41) is 12.4. The molecule has 1 heterocycles. The van der Waals surface area contributed by atoms with Gasteiger partial charge in [-0.2, -0.15) is 0 Å². The molecule has 0 bridgehead atoms. The third-order valence-electron chi connectivity index (χ3n) is 1.83. The van der Waals surface area contributed by atoms with Crippen molar-refractivity contribution in [3.05, 3.63) is 24.3 Å². The summed E-state index contributed by atoms with van der Waals surface area (Å²) in [4.78, 5) is 0. The van der Waals surface area contributed by atoms with Gasteiger partial charge in [-0.1, -0.05) is 12.1 Å². The average molecular weight is 183 g/mol. The van der Waals surface area contributed by atoms with Crippen molar-refractivity contribution in [1.29, 1.82) is 0 Å². The molecule has 1 aliphatic rings. The minimum Gasteiger partial charge on any atom is -0.506 e. The zero-order chi connectivity index (χ0) is 8.39. The summed E-state index contributed by atoms with van der Waals surface area (Å²) in [6.45, 7) is 1.61. The number of anilines is 1. The zero-order valence-corrected chi connectivity index (χ0v) is 7.16. The molecule has 1 atom stereocenters. The number of hydrogen-bond acceptors (Lipinski definition) is 3. The first-order valence-corrected chi connectivity index (χ1v) is 4.00. The second-order valence-electron chi connectivity index (χ2n) is 2.85. The Kier molecular flexibility index (Phi) is 3.11. The van der Waals surface area contributed by atoms with Gasteiger partial charge in [-0.05, 0) is 12.1 Å². The Labute approximate surface area is 76.5 Å². The lowest BCUT2D eigenvalue weighted by molar-refractivity contribution is 0.416. The van der Waals surface area contributed by atoms with Crippen LogP contribution in [0.5, 0.6) is 5.75 Å². The van der Waals surface area contributed by atoms with Crippen molar-refractivity contribution < 1.29 is 15.3 Å². The smallest absolute Gasteiger partial charge is 0.138 e. The van der Waals surface area contributed by atoms with Crippen LogP contribution in [0.4, 0.5) is 5.69 Å². The highest BCUT2D eigenvalue weighted by Gasteiger charge is 2.21. The van der Waals surface area contributed by atoms with Gasteiger partial charge in [0.15, 0.2) is 0 Å². The van der Waals surface area contributed by atoms with Crippen molar-refractivity contribution in [2.45, 2.75) is 6.10 Å². The number of nitrogens with one attached hydrogen (secondary N) is 1. The van der Waals surface area contributed by atoms with E-state index in [-0.39, 0.29) is 11.2 Å². The molecule has 2 rings (SSSR count). The van der Waals surface area contributed by atoms with Crippen molar-refractivity contribution in [2.75, 3.05) is 18.5 Å². The van der Waals surface area contributed by atoms with E-state index in [0.29, 0.717) is 6.10 Å². The molecule has 0 amide bonds. The number of epoxide rings is 1. The second kappa shape index (κ2) is 4.11. The third kappa shape index (κ3) is 2.61. The molecule has 72 valence electrons. The van der Waals surface area contributed by atoms with Gasteiger partial charge in [-0.15, -0.1) is 0 Å². The molecule has 1 unspecified atom stereocenters. The number of para-hydroxylation sites is 2. The summed E-state index contributed by atoms with van der Waals surface area (Å²) < 4.78 is 5.03. The van der Waals surface area contributed by atoms with E-state index in [1.165, 1.54) is 0 Å². The van der Waals surface area contributed by atoms with Crippen LogP contribution in [-0.2, 0) is 4.74 Å². The molecule has 13 heavy (non-hydrogen) atoms. The highest BCUT2D eigenvalue weighted by atomic mass is 16.6. The van der Waals surface area contributed by atoms with E-state index >= 15 is 0 Å². The van der Waals surface area contributed by atoms with Gasteiger partial charge >= 0.3 is 0 Å². The van der Waals surface area contributed by atoms with E-state index in [4.69, 9.17) is 4.74 Å². The Morgan fingerprint density at radius 2 is 2.15 bits per heavy atom. The first kappa shape index (κ1) is 9.83. The van der Waals surface area contributed by atoms with Crippen LogP contribution in [0.25, 0.3) is 0 Å². The number of ether oxygens (including phenoxy) is 1. The number of phenols is 1. The van der Waals surface area contributed by atoms with E-state index < -0.39 is 0 Å². The summed E-state index contributed by atoms with van der Waals surface area (Å²) in [7, 11) is 0. The molecule has 0 aromatic heterocycles. The first-order valence-electron chi connectivity index (χ1n) is 4.00. The minimum absolute atomic E-state index is 0. The van der Waals surface area contributed by atoms with E-state index in [1.54, 1.807) is 12.1 Å². The fourth-order valence-corrected chi connectivity index (χ4v) is 1.03. The highest BCUT2D eigenvalue weighted by Crippen LogP contribution is 2.22. The standard InChI is InChI=1S/C9H11NO2.H2O/c11-9-4-2-1-3-8(9)10-5-7-6-12-7;/h1-4,7,10-11H,5-6H2;1H2. The topological polar surface area (TPSA) is 76.3 Å². The Bertz CT molecular complexity index is 273. The molecule has 1 fully saturated rings. The molecule has 1 aromatic carbocycles. The number of rotatable bonds is 3. The maximum Gasteiger partial charge on any atom is 0.138 e. The van der Waals surface area contributed by atoms with Crippen LogP contribution in [-0.4, -0.2) is 29.8 Å². The van der Waals surface area contributed by atoms with Crippen LogP contribution >= 0.6 is 0 Å². The van der Waals surface area contributed by atoms with Gasteiger partial charge in [0.2, 0.25) is 0 Å². The van der Waals surface area contributed by atoms with E-state index in [1.807, 2.05) is 12.1 Å². The molecule has 1 aromatic rings. The summed E-state index contributed by atoms with van der Waals surface area (Å²) in [5.41, 5.74) is 0.771. The Hall–Kier alpha value is -1.26. The normalized spacial score (nSPS) is 18.9. The van der Waals surface area contributed by atoms with Crippen molar-refractivity contribution >= 4 is 5.69 Å². The van der Waals surface area contributed by atoms with Crippen LogP contribution in [0.15, 0.2) is 24.3 Å². The van der Waals surface area contributed by atoms with Gasteiger partial charge in [0.05, 0.1) is 18.4 Å². The minimum atomic E-state index is 0. The SMILES string of the molecule is O.Oc1ccccc1NCC1CO1. The van der Waals surface area contributed by atoms with Gasteiger partial charge in [0, 0.05) is 6.54 Å². The molecular formula is C9H13NO3. The zero-order valence-electron chi connectivity index (χ0n) is 7.16. The number of phenolic OH excluding ortho intramolecular Hbond substituents is 1. The van der Waals surface area contributed by atoms with Gasteiger partial charge in [0.25, 0.3) is 0 Å². The lowest BCUT2D eigenvalue weighted by Gasteiger charge is -2.05. The molecule has 0 radical (unpaired) electrons. The van der Waals surface area contributed by atoms with Crippen LogP contribution in [0.1, 0.15) is 0 Å². The lowest BCUT2D eigenvalue weighted by Crippen LogP contribution is -2.07. The lowest BCUT2D eigenvalue weighted by atomic mass is 10.3. The predicted molar refractivity (Wildman–Crippen MR) is 50.0 cm³/mol. The van der Waals surface area contributed by atoms with Gasteiger partial charge < -0.3 is 20.6 Å².